The monoisotopic (exact) mass is 400 g/mol. The maximum Gasteiger partial charge on any atom is 0.269 e. The van der Waals surface area contributed by atoms with Gasteiger partial charge in [-0.05, 0) is 50.0 Å². The van der Waals surface area contributed by atoms with Crippen molar-refractivity contribution in [2.75, 3.05) is 23.4 Å². The van der Waals surface area contributed by atoms with Crippen LogP contribution >= 0.6 is 11.5 Å². The van der Waals surface area contributed by atoms with Crippen molar-refractivity contribution in [1.29, 1.82) is 0 Å². The van der Waals surface area contributed by atoms with Crippen LogP contribution in [-0.2, 0) is 11.2 Å². The van der Waals surface area contributed by atoms with Crippen LogP contribution in [0.5, 0.6) is 5.75 Å². The maximum atomic E-state index is 13.0. The van der Waals surface area contributed by atoms with Crippen LogP contribution < -0.4 is 15.0 Å². The lowest BCUT2D eigenvalue weighted by Gasteiger charge is -2.27. The zero-order chi connectivity index (χ0) is 20.3. The third-order valence-electron chi connectivity index (χ3n) is 4.48. The minimum Gasteiger partial charge on any atom is -0.490 e. The van der Waals surface area contributed by atoms with Crippen LogP contribution in [0.3, 0.4) is 0 Å². The molecule has 1 aromatic carbocycles. The highest BCUT2D eigenvalue weighted by molar-refractivity contribution is 7.08. The number of rotatable bonds is 6. The van der Waals surface area contributed by atoms with E-state index in [9.17, 15) is 9.59 Å². The molecular weight excluding hydrogens is 376 g/mol. The van der Waals surface area contributed by atoms with Gasteiger partial charge in [0.2, 0.25) is 5.91 Å². The van der Waals surface area contributed by atoms with Crippen LogP contribution in [0.15, 0.2) is 30.9 Å². The number of nitrogens with zero attached hydrogens (tertiary/aromatic N) is 3. The minimum absolute atomic E-state index is 0.0495. The number of nitrogens with one attached hydrogen (secondary N) is 1. The summed E-state index contributed by atoms with van der Waals surface area (Å²) in [7, 11) is 0. The van der Waals surface area contributed by atoms with Gasteiger partial charge in [-0.3, -0.25) is 9.59 Å². The van der Waals surface area contributed by atoms with Crippen molar-refractivity contribution in [3.63, 3.8) is 0 Å². The number of benzene rings is 1. The molecule has 0 atom stereocenters. The Balaban J connectivity index is 1.91. The van der Waals surface area contributed by atoms with Crippen LogP contribution in [-0.4, -0.2) is 34.6 Å². The fourth-order valence-electron chi connectivity index (χ4n) is 3.00. The first-order valence-corrected chi connectivity index (χ1v) is 9.97. The SMILES string of the molecule is C=CCN1C(=O)C(C)(C)COc2ccc(NC(=O)c3snnc3CCC)cc21. The van der Waals surface area contributed by atoms with Crippen molar-refractivity contribution < 1.29 is 14.3 Å². The van der Waals surface area contributed by atoms with Gasteiger partial charge in [-0.25, -0.2) is 0 Å². The largest absolute Gasteiger partial charge is 0.490 e. The third kappa shape index (κ3) is 3.91. The van der Waals surface area contributed by atoms with E-state index in [1.54, 1.807) is 29.2 Å². The maximum absolute atomic E-state index is 13.0. The van der Waals surface area contributed by atoms with E-state index in [2.05, 4.69) is 21.5 Å². The van der Waals surface area contributed by atoms with Gasteiger partial charge in [0.05, 0.1) is 16.8 Å². The lowest BCUT2D eigenvalue weighted by Crippen LogP contribution is -2.42. The Bertz CT molecular complexity index is 907. The first-order chi connectivity index (χ1) is 13.4. The quantitative estimate of drug-likeness (QED) is 0.748. The molecule has 0 saturated carbocycles. The molecule has 3 rings (SSSR count). The van der Waals surface area contributed by atoms with Crippen LogP contribution in [0.25, 0.3) is 0 Å². The number of hydrogen-bond acceptors (Lipinski definition) is 6. The van der Waals surface area contributed by atoms with Crippen LogP contribution in [0.1, 0.15) is 42.6 Å². The minimum atomic E-state index is -0.658. The Morgan fingerprint density at radius 3 is 2.96 bits per heavy atom. The van der Waals surface area contributed by atoms with Crippen molar-refractivity contribution in [3.8, 4) is 5.75 Å². The number of anilines is 2. The molecular formula is C20H24N4O3S. The van der Waals surface area contributed by atoms with Gasteiger partial charge >= 0.3 is 0 Å². The highest BCUT2D eigenvalue weighted by atomic mass is 32.1. The Hall–Kier alpha value is -2.74. The zero-order valence-corrected chi connectivity index (χ0v) is 17.1. The van der Waals surface area contributed by atoms with E-state index in [-0.39, 0.29) is 18.4 Å². The molecule has 2 amide bonds. The van der Waals surface area contributed by atoms with E-state index >= 15 is 0 Å². The summed E-state index contributed by atoms with van der Waals surface area (Å²) in [5.74, 6) is 0.297. The summed E-state index contributed by atoms with van der Waals surface area (Å²) in [5, 5.41) is 6.92. The highest BCUT2D eigenvalue weighted by Gasteiger charge is 2.37. The van der Waals surface area contributed by atoms with Crippen molar-refractivity contribution in [2.45, 2.75) is 33.6 Å². The van der Waals surface area contributed by atoms with Gasteiger partial charge in [0, 0.05) is 12.2 Å². The average molecular weight is 401 g/mol. The zero-order valence-electron chi connectivity index (χ0n) is 16.3. The molecule has 0 fully saturated rings. The van der Waals surface area contributed by atoms with E-state index in [0.717, 1.165) is 18.0 Å². The summed E-state index contributed by atoms with van der Waals surface area (Å²) in [6, 6.07) is 5.29. The van der Waals surface area contributed by atoms with Crippen LogP contribution in [0.2, 0.25) is 0 Å². The predicted octanol–water partition coefficient (Wildman–Crippen LogP) is 3.68. The van der Waals surface area contributed by atoms with Crippen molar-refractivity contribution in [1.82, 2.24) is 9.59 Å². The topological polar surface area (TPSA) is 84.4 Å². The number of carbonyl (C=O) groups excluding carboxylic acids is 2. The smallest absolute Gasteiger partial charge is 0.269 e. The molecule has 2 heterocycles. The standard InChI is InChI=1S/C20H24N4O3S/c1-5-7-14-17(28-23-22-14)18(25)21-13-8-9-16-15(11-13)24(10-6-2)19(26)20(3,4)12-27-16/h6,8-9,11H,2,5,7,10,12H2,1,3-4H3,(H,21,25). The van der Waals surface area contributed by atoms with Gasteiger partial charge in [0.15, 0.2) is 0 Å². The van der Waals surface area contributed by atoms with Crippen molar-refractivity contribution in [2.24, 2.45) is 5.41 Å². The summed E-state index contributed by atoms with van der Waals surface area (Å²) in [4.78, 5) is 27.8. The van der Waals surface area contributed by atoms with Gasteiger partial charge < -0.3 is 15.0 Å². The number of aromatic nitrogens is 2. The van der Waals surface area contributed by atoms with Gasteiger partial charge in [-0.2, -0.15) is 0 Å². The second-order valence-electron chi connectivity index (χ2n) is 7.31. The van der Waals surface area contributed by atoms with E-state index in [1.807, 2.05) is 20.8 Å². The molecule has 7 nitrogen and oxygen atoms in total. The molecule has 0 aliphatic carbocycles. The lowest BCUT2D eigenvalue weighted by molar-refractivity contribution is -0.127. The van der Waals surface area contributed by atoms with Gasteiger partial charge in [0.1, 0.15) is 17.2 Å². The van der Waals surface area contributed by atoms with Gasteiger partial charge in [-0.1, -0.05) is 23.9 Å². The number of ether oxygens (including phenoxy) is 1. The van der Waals surface area contributed by atoms with E-state index in [0.29, 0.717) is 40.7 Å². The molecule has 1 N–H and O–H groups in total. The molecule has 28 heavy (non-hydrogen) atoms. The molecule has 0 radical (unpaired) electrons. The molecule has 1 aliphatic rings. The van der Waals surface area contributed by atoms with E-state index in [4.69, 9.17) is 4.74 Å². The second kappa shape index (κ2) is 8.10. The van der Waals surface area contributed by atoms with Gasteiger partial charge in [0.25, 0.3) is 5.91 Å². The number of hydrogen-bond donors (Lipinski definition) is 1. The van der Waals surface area contributed by atoms with Crippen LogP contribution in [0, 0.1) is 5.41 Å². The van der Waals surface area contributed by atoms with Crippen molar-refractivity contribution in [3.05, 3.63) is 41.4 Å². The van der Waals surface area contributed by atoms with Crippen molar-refractivity contribution >= 4 is 34.7 Å². The molecule has 1 aliphatic heterocycles. The summed E-state index contributed by atoms with van der Waals surface area (Å²) in [6.45, 7) is 10.1. The number of aryl methyl sites for hydroxylation is 1. The molecule has 8 heteroatoms. The Kier molecular flexibility index (Phi) is 5.79. The number of fused-ring (bicyclic) bond motifs is 1. The first-order valence-electron chi connectivity index (χ1n) is 9.19. The Morgan fingerprint density at radius 2 is 2.25 bits per heavy atom. The highest BCUT2D eigenvalue weighted by Crippen LogP contribution is 2.38. The molecule has 2 aromatic rings. The van der Waals surface area contributed by atoms with E-state index < -0.39 is 5.41 Å². The lowest BCUT2D eigenvalue weighted by atomic mass is 9.93. The fourth-order valence-corrected chi connectivity index (χ4v) is 3.61. The fraction of sp³-hybridized carbons (Fsp3) is 0.400. The number of carbonyl (C=O) groups is 2. The first kappa shape index (κ1) is 20.0. The second-order valence-corrected chi connectivity index (χ2v) is 8.07. The molecule has 0 spiro atoms. The third-order valence-corrected chi connectivity index (χ3v) is 5.25. The Labute approximate surface area is 168 Å². The van der Waals surface area contributed by atoms with E-state index in [1.165, 1.54) is 0 Å². The predicted molar refractivity (Wildman–Crippen MR) is 110 cm³/mol. The summed E-state index contributed by atoms with van der Waals surface area (Å²) in [5.41, 5.74) is 1.23. The molecule has 0 saturated heterocycles. The van der Waals surface area contributed by atoms with Crippen LogP contribution in [0.4, 0.5) is 11.4 Å². The molecule has 148 valence electrons. The Morgan fingerprint density at radius 1 is 1.46 bits per heavy atom. The normalized spacial score (nSPS) is 15.4. The molecule has 1 aromatic heterocycles. The summed E-state index contributed by atoms with van der Waals surface area (Å²) < 4.78 is 9.76. The average Bonchev–Trinajstić information content (AvgIpc) is 3.10. The molecule has 0 unspecified atom stereocenters. The van der Waals surface area contributed by atoms with Gasteiger partial charge in [-0.15, -0.1) is 11.7 Å². The number of amides is 2. The summed E-state index contributed by atoms with van der Waals surface area (Å²) in [6.07, 6.45) is 3.26. The molecule has 0 bridgehead atoms. The summed E-state index contributed by atoms with van der Waals surface area (Å²) >= 11 is 1.08.